The zero-order valence-electron chi connectivity index (χ0n) is 11.9. The fraction of sp³-hybridized carbons (Fsp3) is 0.692. The van der Waals surface area contributed by atoms with Crippen LogP contribution in [0.15, 0.2) is 6.07 Å². The highest BCUT2D eigenvalue weighted by Crippen LogP contribution is 2.18. The van der Waals surface area contributed by atoms with Crippen LogP contribution >= 0.6 is 0 Å². The Bertz CT molecular complexity index is 437. The molecule has 0 amide bonds. The number of rotatable bonds is 4. The number of hydrogen-bond donors (Lipinski definition) is 1. The van der Waals surface area contributed by atoms with Gasteiger partial charge in [0.05, 0.1) is 18.8 Å². The standard InChI is InChI=1S/C13H21N3O3/c1-9-15-11(17-4)5-12(16-9)18-7-10-6-14-8-13(2,3)19-10/h5,10,14H,6-8H2,1-4H3. The lowest BCUT2D eigenvalue weighted by Crippen LogP contribution is -2.52. The number of nitrogens with zero attached hydrogens (tertiary/aromatic N) is 2. The predicted molar refractivity (Wildman–Crippen MR) is 70.6 cm³/mol. The molecule has 1 unspecified atom stereocenters. The summed E-state index contributed by atoms with van der Waals surface area (Å²) in [6.45, 7) is 8.01. The molecule has 1 fully saturated rings. The number of aromatic nitrogens is 2. The summed E-state index contributed by atoms with van der Waals surface area (Å²) < 4.78 is 16.7. The lowest BCUT2D eigenvalue weighted by molar-refractivity contribution is -0.107. The third-order valence-electron chi connectivity index (χ3n) is 2.83. The fourth-order valence-corrected chi connectivity index (χ4v) is 2.03. The Morgan fingerprint density at radius 1 is 1.42 bits per heavy atom. The van der Waals surface area contributed by atoms with Crippen LogP contribution in [-0.2, 0) is 4.74 Å². The quantitative estimate of drug-likeness (QED) is 0.876. The smallest absolute Gasteiger partial charge is 0.220 e. The second kappa shape index (κ2) is 5.71. The summed E-state index contributed by atoms with van der Waals surface area (Å²) in [5, 5.41) is 3.33. The Labute approximate surface area is 113 Å². The van der Waals surface area contributed by atoms with Crippen LogP contribution in [0.2, 0.25) is 0 Å². The van der Waals surface area contributed by atoms with E-state index >= 15 is 0 Å². The second-order valence-corrected chi connectivity index (χ2v) is 5.24. The van der Waals surface area contributed by atoms with E-state index in [0.717, 1.165) is 13.1 Å². The van der Waals surface area contributed by atoms with E-state index in [4.69, 9.17) is 14.2 Å². The molecule has 19 heavy (non-hydrogen) atoms. The van der Waals surface area contributed by atoms with Crippen LogP contribution in [-0.4, -0.2) is 48.5 Å². The molecule has 1 saturated heterocycles. The average molecular weight is 267 g/mol. The normalized spacial score (nSPS) is 22.0. The lowest BCUT2D eigenvalue weighted by Gasteiger charge is -2.36. The molecule has 2 rings (SSSR count). The molecule has 2 heterocycles. The van der Waals surface area contributed by atoms with E-state index in [0.29, 0.717) is 24.2 Å². The molecule has 6 nitrogen and oxygen atoms in total. The van der Waals surface area contributed by atoms with Gasteiger partial charge in [-0.3, -0.25) is 0 Å². The maximum Gasteiger partial charge on any atom is 0.220 e. The summed E-state index contributed by atoms with van der Waals surface area (Å²) in [5.74, 6) is 1.64. The third-order valence-corrected chi connectivity index (χ3v) is 2.83. The van der Waals surface area contributed by atoms with E-state index in [1.54, 1.807) is 20.1 Å². The van der Waals surface area contributed by atoms with Crippen LogP contribution in [0.3, 0.4) is 0 Å². The lowest BCUT2D eigenvalue weighted by atomic mass is 10.1. The summed E-state index contributed by atoms with van der Waals surface area (Å²) in [7, 11) is 1.57. The van der Waals surface area contributed by atoms with Crippen molar-refractivity contribution in [3.63, 3.8) is 0 Å². The molecule has 1 aromatic heterocycles. The summed E-state index contributed by atoms with van der Waals surface area (Å²) in [4.78, 5) is 8.33. The molecule has 1 aromatic rings. The molecule has 0 aromatic carbocycles. The van der Waals surface area contributed by atoms with Crippen LogP contribution in [0.25, 0.3) is 0 Å². The van der Waals surface area contributed by atoms with Crippen molar-refractivity contribution in [2.75, 3.05) is 26.8 Å². The highest BCUT2D eigenvalue weighted by Gasteiger charge is 2.28. The molecule has 0 spiro atoms. The van der Waals surface area contributed by atoms with Gasteiger partial charge < -0.3 is 19.5 Å². The van der Waals surface area contributed by atoms with Gasteiger partial charge in [-0.15, -0.1) is 0 Å². The Balaban J connectivity index is 1.93. The van der Waals surface area contributed by atoms with E-state index < -0.39 is 0 Å². The molecule has 1 N–H and O–H groups in total. The molecular weight excluding hydrogens is 246 g/mol. The minimum atomic E-state index is -0.161. The van der Waals surface area contributed by atoms with Gasteiger partial charge >= 0.3 is 0 Å². The number of nitrogens with one attached hydrogen (secondary N) is 1. The first-order valence-corrected chi connectivity index (χ1v) is 6.39. The highest BCUT2D eigenvalue weighted by molar-refractivity contribution is 5.20. The number of hydrogen-bond acceptors (Lipinski definition) is 6. The van der Waals surface area contributed by atoms with Gasteiger partial charge in [0.2, 0.25) is 11.8 Å². The van der Waals surface area contributed by atoms with Gasteiger partial charge in [0.1, 0.15) is 18.5 Å². The summed E-state index contributed by atoms with van der Waals surface area (Å²) >= 11 is 0. The molecule has 1 aliphatic heterocycles. The van der Waals surface area contributed by atoms with Crippen molar-refractivity contribution in [1.29, 1.82) is 0 Å². The fourth-order valence-electron chi connectivity index (χ4n) is 2.03. The first-order chi connectivity index (χ1) is 8.98. The second-order valence-electron chi connectivity index (χ2n) is 5.24. The average Bonchev–Trinajstić information content (AvgIpc) is 2.34. The van der Waals surface area contributed by atoms with Crippen molar-refractivity contribution in [1.82, 2.24) is 15.3 Å². The summed E-state index contributed by atoms with van der Waals surface area (Å²) in [5.41, 5.74) is -0.161. The summed E-state index contributed by atoms with van der Waals surface area (Å²) in [6, 6.07) is 1.67. The van der Waals surface area contributed by atoms with Gasteiger partial charge in [-0.05, 0) is 20.8 Å². The van der Waals surface area contributed by atoms with Crippen LogP contribution in [0.5, 0.6) is 11.8 Å². The molecule has 106 valence electrons. The molecule has 6 heteroatoms. The Kier molecular flexibility index (Phi) is 4.21. The molecule has 0 aliphatic carbocycles. The van der Waals surface area contributed by atoms with E-state index in [9.17, 15) is 0 Å². The van der Waals surface area contributed by atoms with Gasteiger partial charge in [0, 0.05) is 13.1 Å². The van der Waals surface area contributed by atoms with E-state index in [2.05, 4.69) is 29.1 Å². The van der Waals surface area contributed by atoms with Crippen molar-refractivity contribution in [3.05, 3.63) is 11.9 Å². The largest absolute Gasteiger partial charge is 0.481 e. The highest BCUT2D eigenvalue weighted by atomic mass is 16.6. The van der Waals surface area contributed by atoms with Crippen LogP contribution in [0.4, 0.5) is 0 Å². The molecule has 0 saturated carbocycles. The zero-order chi connectivity index (χ0) is 13.9. The van der Waals surface area contributed by atoms with Crippen LogP contribution < -0.4 is 14.8 Å². The number of methoxy groups -OCH3 is 1. The van der Waals surface area contributed by atoms with E-state index in [-0.39, 0.29) is 11.7 Å². The minimum absolute atomic E-state index is 0.0185. The first kappa shape index (κ1) is 14.0. The SMILES string of the molecule is COc1cc(OCC2CNCC(C)(C)O2)nc(C)n1. The monoisotopic (exact) mass is 267 g/mol. The van der Waals surface area contributed by atoms with Gasteiger partial charge in [0.25, 0.3) is 0 Å². The molecule has 1 aliphatic rings. The first-order valence-electron chi connectivity index (χ1n) is 6.39. The molecule has 0 radical (unpaired) electrons. The van der Waals surface area contributed by atoms with Crippen molar-refractivity contribution >= 4 is 0 Å². The van der Waals surface area contributed by atoms with Crippen molar-refractivity contribution in [3.8, 4) is 11.8 Å². The third kappa shape index (κ3) is 4.04. The molecular formula is C13H21N3O3. The minimum Gasteiger partial charge on any atom is -0.481 e. The number of ether oxygens (including phenoxy) is 3. The van der Waals surface area contributed by atoms with Crippen molar-refractivity contribution in [2.45, 2.75) is 32.5 Å². The van der Waals surface area contributed by atoms with Gasteiger partial charge in [0.15, 0.2) is 0 Å². The number of aryl methyl sites for hydroxylation is 1. The van der Waals surface area contributed by atoms with E-state index in [1.807, 2.05) is 0 Å². The maximum absolute atomic E-state index is 5.92. The van der Waals surface area contributed by atoms with E-state index in [1.165, 1.54) is 0 Å². The Morgan fingerprint density at radius 2 is 2.16 bits per heavy atom. The van der Waals surface area contributed by atoms with Gasteiger partial charge in [-0.2, -0.15) is 9.97 Å². The Morgan fingerprint density at radius 3 is 2.84 bits per heavy atom. The van der Waals surface area contributed by atoms with Gasteiger partial charge in [-0.1, -0.05) is 0 Å². The summed E-state index contributed by atoms with van der Waals surface area (Å²) in [6.07, 6.45) is 0.0185. The zero-order valence-corrected chi connectivity index (χ0v) is 11.9. The van der Waals surface area contributed by atoms with Crippen molar-refractivity contribution in [2.24, 2.45) is 0 Å². The molecule has 0 bridgehead atoms. The molecule has 1 atom stereocenters. The van der Waals surface area contributed by atoms with Crippen molar-refractivity contribution < 1.29 is 14.2 Å². The van der Waals surface area contributed by atoms with Gasteiger partial charge in [-0.25, -0.2) is 0 Å². The maximum atomic E-state index is 5.92. The number of morpholine rings is 1. The Hall–Kier alpha value is -1.40. The topological polar surface area (TPSA) is 65.5 Å². The van der Waals surface area contributed by atoms with Crippen LogP contribution in [0.1, 0.15) is 19.7 Å². The predicted octanol–water partition coefficient (Wildman–Crippen LogP) is 0.939. The van der Waals surface area contributed by atoms with Crippen LogP contribution in [0, 0.1) is 6.92 Å².